The van der Waals surface area contributed by atoms with Crippen molar-refractivity contribution >= 4 is 11.3 Å². The summed E-state index contributed by atoms with van der Waals surface area (Å²) in [7, 11) is 0. The van der Waals surface area contributed by atoms with Gasteiger partial charge in [-0.05, 0) is 23.6 Å². The standard InChI is InChI=1S/C12H9F4NS/c13-9-6-7(12(14,15)16)3-4-8(9)11(17)10-2-1-5-18-10/h1-6,11H,17H2/t11-/m0/s1. The number of rotatable bonds is 2. The first-order chi connectivity index (χ1) is 8.39. The van der Waals surface area contributed by atoms with Gasteiger partial charge in [-0.25, -0.2) is 4.39 Å². The Morgan fingerprint density at radius 3 is 2.39 bits per heavy atom. The molecule has 2 rings (SSSR count). The maximum Gasteiger partial charge on any atom is 0.416 e. The SMILES string of the molecule is N[C@H](c1cccs1)c1ccc(C(F)(F)F)cc1F. The predicted molar refractivity (Wildman–Crippen MR) is 61.8 cm³/mol. The Hall–Kier alpha value is -1.40. The minimum absolute atomic E-state index is 0.0606. The van der Waals surface area contributed by atoms with Gasteiger partial charge in [-0.3, -0.25) is 0 Å². The Morgan fingerprint density at radius 1 is 1.17 bits per heavy atom. The van der Waals surface area contributed by atoms with Gasteiger partial charge in [0.05, 0.1) is 11.6 Å². The first-order valence-corrected chi connectivity index (χ1v) is 5.93. The number of alkyl halides is 3. The van der Waals surface area contributed by atoms with Crippen LogP contribution in [0.15, 0.2) is 35.7 Å². The summed E-state index contributed by atoms with van der Waals surface area (Å²) in [5, 5.41) is 1.77. The molecule has 1 atom stereocenters. The fourth-order valence-electron chi connectivity index (χ4n) is 1.58. The van der Waals surface area contributed by atoms with Crippen molar-refractivity contribution < 1.29 is 17.6 Å². The van der Waals surface area contributed by atoms with E-state index in [2.05, 4.69) is 0 Å². The molecule has 0 spiro atoms. The number of benzene rings is 1. The lowest BCUT2D eigenvalue weighted by Crippen LogP contribution is -2.14. The van der Waals surface area contributed by atoms with E-state index in [-0.39, 0.29) is 5.56 Å². The Kier molecular flexibility index (Phi) is 3.41. The Morgan fingerprint density at radius 2 is 1.89 bits per heavy atom. The predicted octanol–water partition coefficient (Wildman–Crippen LogP) is 3.95. The lowest BCUT2D eigenvalue weighted by Gasteiger charge is -2.13. The fraction of sp³-hybridized carbons (Fsp3) is 0.167. The van der Waals surface area contributed by atoms with Crippen molar-refractivity contribution in [2.24, 2.45) is 5.73 Å². The quantitative estimate of drug-likeness (QED) is 0.825. The Labute approximate surface area is 105 Å². The molecule has 1 heterocycles. The zero-order valence-electron chi connectivity index (χ0n) is 9.04. The molecule has 0 aliphatic heterocycles. The van der Waals surface area contributed by atoms with Crippen LogP contribution in [0.25, 0.3) is 0 Å². The van der Waals surface area contributed by atoms with Crippen LogP contribution in [0.3, 0.4) is 0 Å². The maximum absolute atomic E-state index is 13.6. The van der Waals surface area contributed by atoms with E-state index in [1.165, 1.54) is 11.3 Å². The highest BCUT2D eigenvalue weighted by Crippen LogP contribution is 2.32. The van der Waals surface area contributed by atoms with Crippen molar-refractivity contribution in [2.45, 2.75) is 12.2 Å². The average molecular weight is 275 g/mol. The highest BCUT2D eigenvalue weighted by molar-refractivity contribution is 7.10. The summed E-state index contributed by atoms with van der Waals surface area (Å²) in [5.41, 5.74) is 4.86. The molecule has 0 unspecified atom stereocenters. The third-order valence-electron chi connectivity index (χ3n) is 2.51. The van der Waals surface area contributed by atoms with E-state index in [9.17, 15) is 17.6 Å². The van der Waals surface area contributed by atoms with E-state index in [4.69, 9.17) is 5.73 Å². The highest BCUT2D eigenvalue weighted by Gasteiger charge is 2.31. The number of nitrogens with two attached hydrogens (primary N) is 1. The van der Waals surface area contributed by atoms with Crippen molar-refractivity contribution in [1.29, 1.82) is 0 Å². The minimum atomic E-state index is -4.55. The van der Waals surface area contributed by atoms with Gasteiger partial charge in [-0.15, -0.1) is 11.3 Å². The van der Waals surface area contributed by atoms with Gasteiger partial charge < -0.3 is 5.73 Å². The van der Waals surface area contributed by atoms with Crippen LogP contribution < -0.4 is 5.73 Å². The number of hydrogen-bond acceptors (Lipinski definition) is 2. The van der Waals surface area contributed by atoms with Gasteiger partial charge in [-0.1, -0.05) is 12.1 Å². The molecule has 2 aromatic rings. The third kappa shape index (κ3) is 2.54. The first-order valence-electron chi connectivity index (χ1n) is 5.05. The molecule has 0 fully saturated rings. The number of thiophene rings is 1. The first kappa shape index (κ1) is 13.0. The second kappa shape index (κ2) is 4.70. The molecule has 2 N–H and O–H groups in total. The molecule has 0 aliphatic rings. The lowest BCUT2D eigenvalue weighted by atomic mass is 10.0. The topological polar surface area (TPSA) is 26.0 Å². The number of halogens is 4. The Bertz CT molecular complexity index is 534. The van der Waals surface area contributed by atoms with Crippen LogP contribution in [0, 0.1) is 5.82 Å². The third-order valence-corrected chi connectivity index (χ3v) is 3.47. The van der Waals surface area contributed by atoms with Gasteiger partial charge in [0.25, 0.3) is 0 Å². The van der Waals surface area contributed by atoms with Crippen molar-refractivity contribution in [3.63, 3.8) is 0 Å². The van der Waals surface area contributed by atoms with Crippen LogP contribution in [0.5, 0.6) is 0 Å². The van der Waals surface area contributed by atoms with Crippen LogP contribution in [0.2, 0.25) is 0 Å². The lowest BCUT2D eigenvalue weighted by molar-refractivity contribution is -0.137. The molecule has 0 aliphatic carbocycles. The second-order valence-electron chi connectivity index (χ2n) is 3.73. The second-order valence-corrected chi connectivity index (χ2v) is 4.71. The van der Waals surface area contributed by atoms with Gasteiger partial charge in [0, 0.05) is 10.4 Å². The molecule has 0 saturated heterocycles. The fourth-order valence-corrected chi connectivity index (χ4v) is 2.32. The van der Waals surface area contributed by atoms with Gasteiger partial charge in [0.1, 0.15) is 5.82 Å². The average Bonchev–Trinajstić information content (AvgIpc) is 2.80. The summed E-state index contributed by atoms with van der Waals surface area (Å²) in [6.07, 6.45) is -4.55. The van der Waals surface area contributed by atoms with Gasteiger partial charge in [-0.2, -0.15) is 13.2 Å². The summed E-state index contributed by atoms with van der Waals surface area (Å²) in [6.45, 7) is 0. The molecule has 0 bridgehead atoms. The molecular weight excluding hydrogens is 266 g/mol. The molecule has 1 nitrogen and oxygen atoms in total. The largest absolute Gasteiger partial charge is 0.416 e. The molecule has 18 heavy (non-hydrogen) atoms. The molecule has 0 amide bonds. The normalized spacial score (nSPS) is 13.6. The van der Waals surface area contributed by atoms with E-state index in [0.717, 1.165) is 12.1 Å². The van der Waals surface area contributed by atoms with Crippen LogP contribution in [-0.2, 0) is 6.18 Å². The summed E-state index contributed by atoms with van der Waals surface area (Å²) in [6, 6.07) is 5.12. The van der Waals surface area contributed by atoms with E-state index >= 15 is 0 Å². The smallest absolute Gasteiger partial charge is 0.320 e. The molecular formula is C12H9F4NS. The minimum Gasteiger partial charge on any atom is -0.320 e. The summed E-state index contributed by atoms with van der Waals surface area (Å²) in [5.74, 6) is -0.939. The zero-order chi connectivity index (χ0) is 13.3. The summed E-state index contributed by atoms with van der Waals surface area (Å²) >= 11 is 1.33. The highest BCUT2D eigenvalue weighted by atomic mass is 32.1. The molecule has 0 radical (unpaired) electrons. The van der Waals surface area contributed by atoms with Crippen molar-refractivity contribution in [2.75, 3.05) is 0 Å². The Balaban J connectivity index is 2.36. The zero-order valence-corrected chi connectivity index (χ0v) is 9.86. The van der Waals surface area contributed by atoms with Gasteiger partial charge in [0.2, 0.25) is 0 Å². The van der Waals surface area contributed by atoms with Crippen molar-refractivity contribution in [3.8, 4) is 0 Å². The van der Waals surface area contributed by atoms with E-state index in [1.807, 2.05) is 0 Å². The molecule has 1 aromatic carbocycles. The van der Waals surface area contributed by atoms with E-state index in [0.29, 0.717) is 10.9 Å². The van der Waals surface area contributed by atoms with Gasteiger partial charge in [0.15, 0.2) is 0 Å². The molecule has 0 saturated carbocycles. The number of hydrogen-bond donors (Lipinski definition) is 1. The van der Waals surface area contributed by atoms with Crippen LogP contribution >= 0.6 is 11.3 Å². The van der Waals surface area contributed by atoms with E-state index in [1.54, 1.807) is 17.5 Å². The van der Waals surface area contributed by atoms with E-state index < -0.39 is 23.6 Å². The van der Waals surface area contributed by atoms with Crippen LogP contribution in [0.4, 0.5) is 17.6 Å². The van der Waals surface area contributed by atoms with Crippen LogP contribution in [-0.4, -0.2) is 0 Å². The molecule has 1 aromatic heterocycles. The monoisotopic (exact) mass is 275 g/mol. The summed E-state index contributed by atoms with van der Waals surface area (Å²) < 4.78 is 50.8. The molecule has 96 valence electrons. The summed E-state index contributed by atoms with van der Waals surface area (Å²) in [4.78, 5) is 0.702. The maximum atomic E-state index is 13.6. The molecule has 6 heteroatoms. The van der Waals surface area contributed by atoms with Crippen molar-refractivity contribution in [3.05, 3.63) is 57.5 Å². The van der Waals surface area contributed by atoms with Crippen LogP contribution in [0.1, 0.15) is 22.0 Å². The van der Waals surface area contributed by atoms with Crippen molar-refractivity contribution in [1.82, 2.24) is 0 Å². The van der Waals surface area contributed by atoms with Gasteiger partial charge >= 0.3 is 6.18 Å².